The minimum absolute atomic E-state index is 0.00468. The summed E-state index contributed by atoms with van der Waals surface area (Å²) < 4.78 is 7.80. The molecule has 3 aromatic rings. The number of carbonyl (C=O) groups is 1. The van der Waals surface area contributed by atoms with Gasteiger partial charge in [-0.25, -0.2) is 4.52 Å². The van der Waals surface area contributed by atoms with Gasteiger partial charge in [-0.3, -0.25) is 4.79 Å². The summed E-state index contributed by atoms with van der Waals surface area (Å²) in [6.45, 7) is 3.34. The van der Waals surface area contributed by atoms with E-state index in [0.29, 0.717) is 41.8 Å². The van der Waals surface area contributed by atoms with Crippen LogP contribution in [0.2, 0.25) is 5.02 Å². The first-order chi connectivity index (χ1) is 14.5. The minimum atomic E-state index is -0.555. The Kier molecular flexibility index (Phi) is 4.91. The molecule has 0 unspecified atom stereocenters. The number of rotatable bonds is 3. The lowest BCUT2D eigenvalue weighted by atomic mass is 9.78. The van der Waals surface area contributed by atoms with Crippen molar-refractivity contribution in [1.82, 2.24) is 14.5 Å². The maximum atomic E-state index is 13.2. The average molecular weight is 426 g/mol. The molecule has 2 aromatic heterocycles. The normalized spacial score (nSPS) is 26.0. The van der Waals surface area contributed by atoms with Crippen LogP contribution < -0.4 is 4.74 Å². The molecule has 1 aliphatic heterocycles. The highest BCUT2D eigenvalue weighted by atomic mass is 35.5. The molecule has 4 atom stereocenters. The number of ether oxygens (including phenoxy) is 1. The van der Waals surface area contributed by atoms with E-state index in [4.69, 9.17) is 16.3 Å². The van der Waals surface area contributed by atoms with Crippen molar-refractivity contribution in [1.29, 1.82) is 0 Å². The van der Waals surface area contributed by atoms with Gasteiger partial charge < -0.3 is 14.7 Å². The quantitative estimate of drug-likeness (QED) is 0.696. The molecule has 1 aliphatic carbocycles. The minimum Gasteiger partial charge on any atom is -0.488 e. The third-order valence-corrected chi connectivity index (χ3v) is 6.59. The van der Waals surface area contributed by atoms with Crippen LogP contribution in [-0.2, 0) is 0 Å². The summed E-state index contributed by atoms with van der Waals surface area (Å²) >= 11 is 6.05. The van der Waals surface area contributed by atoms with E-state index in [0.717, 1.165) is 17.5 Å². The van der Waals surface area contributed by atoms with E-state index in [2.05, 4.69) is 5.10 Å². The van der Waals surface area contributed by atoms with Crippen molar-refractivity contribution in [3.05, 3.63) is 64.9 Å². The standard InChI is InChI=1S/C23H24ClN3O3/c1-14-5-6-20-19(10-25-27(20)11-14)23(29)26-12-15-7-21(28)22(8-16(15)13-26)30-18-4-2-3-17(24)9-18/h2-6,9-11,15-16,21-22,28H,7-8,12-13H2,1H3/t15-,16+,21+,22+/m0/s1. The third kappa shape index (κ3) is 3.55. The molecule has 0 spiro atoms. The Labute approximate surface area is 180 Å². The van der Waals surface area contributed by atoms with Gasteiger partial charge in [0.15, 0.2) is 0 Å². The molecule has 1 aromatic carbocycles. The molecule has 5 rings (SSSR count). The highest BCUT2D eigenvalue weighted by Crippen LogP contribution is 2.38. The van der Waals surface area contributed by atoms with Gasteiger partial charge in [-0.1, -0.05) is 23.7 Å². The Morgan fingerprint density at radius 1 is 1.20 bits per heavy atom. The van der Waals surface area contributed by atoms with Gasteiger partial charge in [-0.05, 0) is 61.4 Å². The highest BCUT2D eigenvalue weighted by molar-refractivity contribution is 6.30. The van der Waals surface area contributed by atoms with Crippen molar-refractivity contribution in [3.8, 4) is 5.75 Å². The second-order valence-corrected chi connectivity index (χ2v) is 8.91. The molecule has 2 fully saturated rings. The fourth-order valence-electron chi connectivity index (χ4n) is 4.82. The van der Waals surface area contributed by atoms with Gasteiger partial charge in [0.25, 0.3) is 5.91 Å². The van der Waals surface area contributed by atoms with Gasteiger partial charge in [0.05, 0.1) is 23.4 Å². The van der Waals surface area contributed by atoms with E-state index in [1.54, 1.807) is 22.8 Å². The van der Waals surface area contributed by atoms with Gasteiger partial charge >= 0.3 is 0 Å². The summed E-state index contributed by atoms with van der Waals surface area (Å²) in [5, 5.41) is 15.6. The average Bonchev–Trinajstić information content (AvgIpc) is 3.31. The van der Waals surface area contributed by atoms with Crippen LogP contribution in [0.5, 0.6) is 5.75 Å². The van der Waals surface area contributed by atoms with Gasteiger partial charge in [0, 0.05) is 24.3 Å². The zero-order chi connectivity index (χ0) is 20.8. The number of fused-ring (bicyclic) bond motifs is 2. The topological polar surface area (TPSA) is 67.1 Å². The molecule has 1 amide bonds. The summed E-state index contributed by atoms with van der Waals surface area (Å²) in [5.41, 5.74) is 2.54. The van der Waals surface area contributed by atoms with Gasteiger partial charge in [-0.15, -0.1) is 0 Å². The van der Waals surface area contributed by atoms with E-state index in [-0.39, 0.29) is 17.9 Å². The first-order valence-corrected chi connectivity index (χ1v) is 10.7. The fourth-order valence-corrected chi connectivity index (χ4v) is 5.00. The monoisotopic (exact) mass is 425 g/mol. The number of aromatic nitrogens is 2. The molecule has 3 heterocycles. The van der Waals surface area contributed by atoms with Crippen molar-refractivity contribution >= 4 is 23.0 Å². The first-order valence-electron chi connectivity index (χ1n) is 10.3. The molecule has 1 N–H and O–H groups in total. The molecule has 2 aliphatic rings. The Hall–Kier alpha value is -2.57. The van der Waals surface area contributed by atoms with Crippen molar-refractivity contribution in [2.24, 2.45) is 11.8 Å². The number of amides is 1. The molecule has 0 bridgehead atoms. The second-order valence-electron chi connectivity index (χ2n) is 8.48. The van der Waals surface area contributed by atoms with Crippen LogP contribution in [0, 0.1) is 18.8 Å². The first kappa shape index (κ1) is 19.4. The molecule has 7 heteroatoms. The number of aliphatic hydroxyl groups excluding tert-OH is 1. The Morgan fingerprint density at radius 2 is 2.00 bits per heavy atom. The number of pyridine rings is 1. The van der Waals surface area contributed by atoms with E-state index in [1.165, 1.54) is 0 Å². The number of likely N-dealkylation sites (tertiary alicyclic amines) is 1. The lowest BCUT2D eigenvalue weighted by Gasteiger charge is -2.35. The van der Waals surface area contributed by atoms with Crippen molar-refractivity contribution < 1.29 is 14.6 Å². The van der Waals surface area contributed by atoms with E-state index in [9.17, 15) is 9.90 Å². The number of hydrogen-bond acceptors (Lipinski definition) is 4. The third-order valence-electron chi connectivity index (χ3n) is 6.35. The number of benzene rings is 1. The van der Waals surface area contributed by atoms with Crippen LogP contribution >= 0.6 is 11.6 Å². The number of aliphatic hydroxyl groups is 1. The summed E-state index contributed by atoms with van der Waals surface area (Å²) in [5.74, 6) is 1.26. The zero-order valence-electron chi connectivity index (χ0n) is 16.7. The zero-order valence-corrected chi connectivity index (χ0v) is 17.5. The lowest BCUT2D eigenvalue weighted by Crippen LogP contribution is -2.42. The molecule has 30 heavy (non-hydrogen) atoms. The Balaban J connectivity index is 1.30. The fraction of sp³-hybridized carbons (Fsp3) is 0.391. The second kappa shape index (κ2) is 7.60. The maximum absolute atomic E-state index is 13.2. The van der Waals surface area contributed by atoms with Gasteiger partial charge in [0.2, 0.25) is 0 Å². The van der Waals surface area contributed by atoms with Crippen LogP contribution in [0.15, 0.2) is 48.8 Å². The molecule has 6 nitrogen and oxygen atoms in total. The smallest absolute Gasteiger partial charge is 0.257 e. The molecule has 156 valence electrons. The number of halogens is 1. The van der Waals surface area contributed by atoms with Crippen LogP contribution in [0.3, 0.4) is 0 Å². The van der Waals surface area contributed by atoms with Crippen LogP contribution in [0.1, 0.15) is 28.8 Å². The Morgan fingerprint density at radius 3 is 2.80 bits per heavy atom. The molecule has 0 radical (unpaired) electrons. The van der Waals surface area contributed by atoms with E-state index < -0.39 is 6.10 Å². The highest BCUT2D eigenvalue weighted by Gasteiger charge is 2.44. The molecule has 1 saturated carbocycles. The Bertz CT molecular complexity index is 1100. The van der Waals surface area contributed by atoms with Gasteiger partial charge in [-0.2, -0.15) is 5.10 Å². The van der Waals surface area contributed by atoms with Crippen molar-refractivity contribution in [2.45, 2.75) is 32.0 Å². The summed E-state index contributed by atoms with van der Waals surface area (Å²) in [4.78, 5) is 15.1. The summed E-state index contributed by atoms with van der Waals surface area (Å²) in [7, 11) is 0. The molecule has 1 saturated heterocycles. The van der Waals surface area contributed by atoms with Crippen LogP contribution in [0.25, 0.3) is 5.52 Å². The number of hydrogen-bond donors (Lipinski definition) is 1. The van der Waals surface area contributed by atoms with Crippen molar-refractivity contribution in [3.63, 3.8) is 0 Å². The van der Waals surface area contributed by atoms with Crippen LogP contribution in [-0.4, -0.2) is 50.8 Å². The largest absolute Gasteiger partial charge is 0.488 e. The molecular formula is C23H24ClN3O3. The van der Waals surface area contributed by atoms with Crippen LogP contribution in [0.4, 0.5) is 0 Å². The number of nitrogens with zero attached hydrogens (tertiary/aromatic N) is 3. The van der Waals surface area contributed by atoms with E-state index >= 15 is 0 Å². The van der Waals surface area contributed by atoms with Crippen molar-refractivity contribution in [2.75, 3.05) is 13.1 Å². The van der Waals surface area contributed by atoms with E-state index in [1.807, 2.05) is 42.3 Å². The molecular weight excluding hydrogens is 402 g/mol. The van der Waals surface area contributed by atoms with Gasteiger partial charge in [0.1, 0.15) is 11.9 Å². The number of carbonyl (C=O) groups excluding carboxylic acids is 1. The summed E-state index contributed by atoms with van der Waals surface area (Å²) in [6, 6.07) is 11.2. The predicted octanol–water partition coefficient (Wildman–Crippen LogP) is 3.59. The maximum Gasteiger partial charge on any atom is 0.257 e. The number of aryl methyl sites for hydroxylation is 1. The predicted molar refractivity (Wildman–Crippen MR) is 114 cm³/mol. The SMILES string of the molecule is Cc1ccc2c(C(=O)N3C[C@H]4C[C@@H](Oc5cccc(Cl)c5)[C@H](O)C[C@H]4C3)cnn2c1. The summed E-state index contributed by atoms with van der Waals surface area (Å²) in [6.07, 6.45) is 4.08. The lowest BCUT2D eigenvalue weighted by molar-refractivity contribution is -0.0231.